The van der Waals surface area contributed by atoms with Crippen molar-refractivity contribution in [1.82, 2.24) is 9.88 Å². The topological polar surface area (TPSA) is 42.4 Å². The van der Waals surface area contributed by atoms with Crippen molar-refractivity contribution in [3.05, 3.63) is 16.1 Å². The van der Waals surface area contributed by atoms with Gasteiger partial charge < -0.3 is 9.64 Å². The molecule has 1 saturated carbocycles. The maximum Gasteiger partial charge on any atom is 0.223 e. The van der Waals surface area contributed by atoms with Crippen molar-refractivity contribution in [2.75, 3.05) is 19.8 Å². The Labute approximate surface area is 111 Å². The van der Waals surface area contributed by atoms with Gasteiger partial charge >= 0.3 is 0 Å². The molecule has 2 fully saturated rings. The summed E-state index contributed by atoms with van der Waals surface area (Å²) in [6, 6.07) is 0.0231. The molecule has 1 aliphatic heterocycles. The number of thiazole rings is 1. The lowest BCUT2D eigenvalue weighted by molar-refractivity contribution is -0.140. The fourth-order valence-corrected chi connectivity index (χ4v) is 3.03. The highest BCUT2D eigenvalue weighted by Gasteiger charge is 2.33. The molecule has 3 rings (SSSR count). The van der Waals surface area contributed by atoms with Crippen molar-refractivity contribution in [3.8, 4) is 0 Å². The van der Waals surface area contributed by atoms with Crippen LogP contribution in [0.1, 0.15) is 36.0 Å². The van der Waals surface area contributed by atoms with Gasteiger partial charge in [0.1, 0.15) is 0 Å². The molecular formula is C13H18N2O2S. The predicted octanol–water partition coefficient (Wildman–Crippen LogP) is 2.15. The number of aryl methyl sites for hydroxylation is 1. The van der Waals surface area contributed by atoms with E-state index in [4.69, 9.17) is 4.74 Å². The standard InChI is InChI=1S/C13H18N2O2S/c1-9-14-11(8-18-9)12-7-17-5-4-15(12)13(16)6-10-2-3-10/h8,10,12H,2-7H2,1H3. The van der Waals surface area contributed by atoms with Crippen molar-refractivity contribution >= 4 is 17.2 Å². The Morgan fingerprint density at radius 1 is 1.61 bits per heavy atom. The average molecular weight is 266 g/mol. The van der Waals surface area contributed by atoms with E-state index in [1.807, 2.05) is 17.2 Å². The third-order valence-corrected chi connectivity index (χ3v) is 4.38. The number of nitrogens with zero attached hydrogens (tertiary/aromatic N) is 2. The van der Waals surface area contributed by atoms with Crippen LogP contribution in [0.4, 0.5) is 0 Å². The van der Waals surface area contributed by atoms with E-state index in [9.17, 15) is 4.79 Å². The first kappa shape index (κ1) is 12.1. The van der Waals surface area contributed by atoms with Crippen LogP contribution in [0.3, 0.4) is 0 Å². The minimum atomic E-state index is 0.0231. The molecule has 18 heavy (non-hydrogen) atoms. The van der Waals surface area contributed by atoms with Crippen LogP contribution in [-0.4, -0.2) is 35.5 Å². The number of aromatic nitrogens is 1. The monoisotopic (exact) mass is 266 g/mol. The van der Waals surface area contributed by atoms with Crippen molar-refractivity contribution < 1.29 is 9.53 Å². The summed E-state index contributed by atoms with van der Waals surface area (Å²) in [6.45, 7) is 3.93. The molecule has 4 nitrogen and oxygen atoms in total. The molecule has 1 aromatic heterocycles. The largest absolute Gasteiger partial charge is 0.377 e. The Morgan fingerprint density at radius 3 is 3.11 bits per heavy atom. The summed E-state index contributed by atoms with van der Waals surface area (Å²) in [5.41, 5.74) is 0.987. The van der Waals surface area contributed by atoms with Crippen LogP contribution in [0.2, 0.25) is 0 Å². The molecule has 0 N–H and O–H groups in total. The smallest absolute Gasteiger partial charge is 0.223 e. The van der Waals surface area contributed by atoms with Gasteiger partial charge in [-0.2, -0.15) is 0 Å². The second-order valence-electron chi connectivity index (χ2n) is 5.12. The molecule has 98 valence electrons. The number of hydrogen-bond donors (Lipinski definition) is 0. The number of hydrogen-bond acceptors (Lipinski definition) is 4. The number of amides is 1. The molecule has 2 heterocycles. The Balaban J connectivity index is 1.74. The normalized spacial score (nSPS) is 24.3. The molecule has 2 aliphatic rings. The molecule has 0 radical (unpaired) electrons. The summed E-state index contributed by atoms with van der Waals surface area (Å²) in [6.07, 6.45) is 3.15. The van der Waals surface area contributed by atoms with Gasteiger partial charge in [-0.05, 0) is 25.7 Å². The summed E-state index contributed by atoms with van der Waals surface area (Å²) < 4.78 is 5.52. The zero-order chi connectivity index (χ0) is 12.5. The fourth-order valence-electron chi connectivity index (χ4n) is 2.37. The van der Waals surface area contributed by atoms with Gasteiger partial charge in [0.2, 0.25) is 5.91 Å². The van der Waals surface area contributed by atoms with Crippen LogP contribution in [0.5, 0.6) is 0 Å². The van der Waals surface area contributed by atoms with E-state index in [1.54, 1.807) is 11.3 Å². The number of carbonyl (C=O) groups excluding carboxylic acids is 1. The van der Waals surface area contributed by atoms with E-state index < -0.39 is 0 Å². The molecule has 1 unspecified atom stereocenters. The molecular weight excluding hydrogens is 248 g/mol. The van der Waals surface area contributed by atoms with E-state index in [0.29, 0.717) is 32.1 Å². The van der Waals surface area contributed by atoms with E-state index in [0.717, 1.165) is 10.7 Å². The Bertz CT molecular complexity index is 442. The van der Waals surface area contributed by atoms with Gasteiger partial charge in [0.15, 0.2) is 0 Å². The third-order valence-electron chi connectivity index (χ3n) is 3.59. The quantitative estimate of drug-likeness (QED) is 0.842. The molecule has 1 amide bonds. The maximum absolute atomic E-state index is 12.3. The first-order valence-electron chi connectivity index (χ1n) is 6.53. The number of carbonyl (C=O) groups is 1. The second-order valence-corrected chi connectivity index (χ2v) is 6.18. The lowest BCUT2D eigenvalue weighted by Crippen LogP contribution is -2.43. The van der Waals surface area contributed by atoms with Gasteiger partial charge in [0.05, 0.1) is 30.0 Å². The fraction of sp³-hybridized carbons (Fsp3) is 0.692. The van der Waals surface area contributed by atoms with E-state index in [2.05, 4.69) is 4.98 Å². The summed E-state index contributed by atoms with van der Waals surface area (Å²) in [7, 11) is 0. The van der Waals surface area contributed by atoms with Crippen LogP contribution in [0, 0.1) is 12.8 Å². The third kappa shape index (κ3) is 2.57. The zero-order valence-corrected chi connectivity index (χ0v) is 11.4. The summed E-state index contributed by atoms with van der Waals surface area (Å²) in [5.74, 6) is 0.912. The van der Waals surface area contributed by atoms with Gasteiger partial charge in [0, 0.05) is 18.3 Å². The minimum absolute atomic E-state index is 0.0231. The molecule has 0 spiro atoms. The van der Waals surface area contributed by atoms with Crippen molar-refractivity contribution in [3.63, 3.8) is 0 Å². The minimum Gasteiger partial charge on any atom is -0.377 e. The van der Waals surface area contributed by atoms with Crippen molar-refractivity contribution in [2.24, 2.45) is 5.92 Å². The molecule has 1 aliphatic carbocycles. The summed E-state index contributed by atoms with van der Waals surface area (Å²) >= 11 is 1.63. The second kappa shape index (κ2) is 4.97. The zero-order valence-electron chi connectivity index (χ0n) is 10.6. The molecule has 5 heteroatoms. The number of morpholine rings is 1. The van der Waals surface area contributed by atoms with Gasteiger partial charge in [-0.15, -0.1) is 11.3 Å². The highest BCUT2D eigenvalue weighted by atomic mass is 32.1. The lowest BCUT2D eigenvalue weighted by atomic mass is 10.1. The van der Waals surface area contributed by atoms with E-state index >= 15 is 0 Å². The van der Waals surface area contributed by atoms with Gasteiger partial charge in [0.25, 0.3) is 0 Å². The molecule has 0 aromatic carbocycles. The summed E-state index contributed by atoms with van der Waals surface area (Å²) in [5, 5.41) is 3.09. The maximum atomic E-state index is 12.3. The molecule has 0 bridgehead atoms. The highest BCUT2D eigenvalue weighted by Crippen LogP contribution is 2.34. The first-order valence-corrected chi connectivity index (χ1v) is 7.41. The van der Waals surface area contributed by atoms with Gasteiger partial charge in [-0.3, -0.25) is 4.79 Å². The van der Waals surface area contributed by atoms with Crippen LogP contribution in [0.25, 0.3) is 0 Å². The number of ether oxygens (including phenoxy) is 1. The van der Waals surface area contributed by atoms with Crippen molar-refractivity contribution in [2.45, 2.75) is 32.2 Å². The van der Waals surface area contributed by atoms with Crippen LogP contribution in [-0.2, 0) is 9.53 Å². The molecule has 1 saturated heterocycles. The van der Waals surface area contributed by atoms with Gasteiger partial charge in [-0.1, -0.05) is 0 Å². The Hall–Kier alpha value is -0.940. The Morgan fingerprint density at radius 2 is 2.44 bits per heavy atom. The summed E-state index contributed by atoms with van der Waals surface area (Å²) in [4.78, 5) is 18.8. The van der Waals surface area contributed by atoms with Crippen LogP contribution in [0.15, 0.2) is 5.38 Å². The van der Waals surface area contributed by atoms with Gasteiger partial charge in [-0.25, -0.2) is 4.98 Å². The van der Waals surface area contributed by atoms with E-state index in [1.165, 1.54) is 12.8 Å². The van der Waals surface area contributed by atoms with Crippen LogP contribution < -0.4 is 0 Å². The SMILES string of the molecule is Cc1nc(C2COCCN2C(=O)CC2CC2)cs1. The first-order chi connectivity index (χ1) is 8.74. The molecule has 1 atom stereocenters. The predicted molar refractivity (Wildman–Crippen MR) is 69.5 cm³/mol. The average Bonchev–Trinajstić information content (AvgIpc) is 3.08. The van der Waals surface area contributed by atoms with Crippen LogP contribution >= 0.6 is 11.3 Å². The van der Waals surface area contributed by atoms with Crippen molar-refractivity contribution in [1.29, 1.82) is 0 Å². The lowest BCUT2D eigenvalue weighted by Gasteiger charge is -2.34. The number of rotatable bonds is 3. The Kier molecular flexibility index (Phi) is 3.35. The highest BCUT2D eigenvalue weighted by molar-refractivity contribution is 7.09. The molecule has 1 aromatic rings. The van der Waals surface area contributed by atoms with E-state index in [-0.39, 0.29) is 11.9 Å².